The van der Waals surface area contributed by atoms with Crippen LogP contribution in [0.5, 0.6) is 5.75 Å². The second-order valence-electron chi connectivity index (χ2n) is 7.20. The van der Waals surface area contributed by atoms with E-state index in [0.29, 0.717) is 43.4 Å². The van der Waals surface area contributed by atoms with Crippen LogP contribution in [-0.2, 0) is 10.0 Å². The van der Waals surface area contributed by atoms with Crippen LogP contribution < -0.4 is 15.0 Å². The number of ether oxygens (including phenoxy) is 1. The van der Waals surface area contributed by atoms with Crippen LogP contribution in [0.1, 0.15) is 24.2 Å². The highest BCUT2D eigenvalue weighted by molar-refractivity contribution is 7.89. The number of benzene rings is 1. The minimum atomic E-state index is -3.46. The van der Waals surface area contributed by atoms with E-state index in [1.54, 1.807) is 42.7 Å². The SMILES string of the molecule is CC(C)Oc1ccc(C(=O)NCCS(=O)(=O)N2CCN(c3ncccn3)CC2)cc1. The number of carbonyl (C=O) groups is 1. The third-order valence-electron chi connectivity index (χ3n) is 4.60. The Labute approximate surface area is 177 Å². The monoisotopic (exact) mass is 433 g/mol. The number of piperazine rings is 1. The lowest BCUT2D eigenvalue weighted by Crippen LogP contribution is -2.50. The number of hydrogen-bond donors (Lipinski definition) is 1. The molecule has 1 aliphatic heterocycles. The number of carbonyl (C=O) groups excluding carboxylic acids is 1. The van der Waals surface area contributed by atoms with Crippen LogP contribution in [0.15, 0.2) is 42.7 Å². The maximum atomic E-state index is 12.6. The van der Waals surface area contributed by atoms with E-state index < -0.39 is 10.0 Å². The lowest BCUT2D eigenvalue weighted by atomic mass is 10.2. The third-order valence-corrected chi connectivity index (χ3v) is 6.47. The molecule has 1 amide bonds. The first-order valence-electron chi connectivity index (χ1n) is 9.90. The van der Waals surface area contributed by atoms with Gasteiger partial charge in [-0.25, -0.2) is 18.4 Å². The molecule has 0 bridgehead atoms. The molecule has 9 nitrogen and oxygen atoms in total. The topological polar surface area (TPSA) is 105 Å². The fourth-order valence-corrected chi connectivity index (χ4v) is 4.44. The molecule has 3 rings (SSSR count). The molecule has 2 heterocycles. The Hall–Kier alpha value is -2.72. The van der Waals surface area contributed by atoms with E-state index in [0.717, 1.165) is 0 Å². The molecule has 1 aromatic carbocycles. The summed E-state index contributed by atoms with van der Waals surface area (Å²) in [5.74, 6) is 0.831. The van der Waals surface area contributed by atoms with Gasteiger partial charge in [-0.05, 0) is 44.2 Å². The second kappa shape index (κ2) is 9.86. The van der Waals surface area contributed by atoms with E-state index in [4.69, 9.17) is 4.74 Å². The van der Waals surface area contributed by atoms with E-state index >= 15 is 0 Å². The van der Waals surface area contributed by atoms with Crippen LogP contribution in [0.3, 0.4) is 0 Å². The van der Waals surface area contributed by atoms with Gasteiger partial charge >= 0.3 is 0 Å². The van der Waals surface area contributed by atoms with Crippen molar-refractivity contribution >= 4 is 21.9 Å². The molecule has 0 unspecified atom stereocenters. The van der Waals surface area contributed by atoms with Gasteiger partial charge in [0.05, 0.1) is 11.9 Å². The van der Waals surface area contributed by atoms with Gasteiger partial charge in [-0.3, -0.25) is 4.79 Å². The van der Waals surface area contributed by atoms with E-state index in [1.807, 2.05) is 18.7 Å². The van der Waals surface area contributed by atoms with Gasteiger partial charge in [0.15, 0.2) is 0 Å². The van der Waals surface area contributed by atoms with Crippen molar-refractivity contribution in [3.05, 3.63) is 48.3 Å². The summed E-state index contributed by atoms with van der Waals surface area (Å²) in [5, 5.41) is 2.67. The molecular weight excluding hydrogens is 406 g/mol. The number of nitrogens with zero attached hydrogens (tertiary/aromatic N) is 4. The number of aromatic nitrogens is 2. The molecule has 2 aromatic rings. The second-order valence-corrected chi connectivity index (χ2v) is 9.29. The van der Waals surface area contributed by atoms with Crippen LogP contribution in [0, 0.1) is 0 Å². The normalized spacial score (nSPS) is 15.2. The molecule has 0 spiro atoms. The zero-order valence-corrected chi connectivity index (χ0v) is 18.0. The smallest absolute Gasteiger partial charge is 0.251 e. The molecule has 30 heavy (non-hydrogen) atoms. The number of sulfonamides is 1. The zero-order chi connectivity index (χ0) is 21.6. The first kappa shape index (κ1) is 22.0. The summed E-state index contributed by atoms with van der Waals surface area (Å²) in [7, 11) is -3.46. The first-order chi connectivity index (χ1) is 14.3. The van der Waals surface area contributed by atoms with E-state index in [2.05, 4.69) is 15.3 Å². The molecule has 1 aromatic heterocycles. The molecule has 1 aliphatic rings. The van der Waals surface area contributed by atoms with Crippen LogP contribution in [0.4, 0.5) is 5.95 Å². The van der Waals surface area contributed by atoms with Gasteiger partial charge < -0.3 is 15.0 Å². The van der Waals surface area contributed by atoms with Crippen molar-refractivity contribution in [3.63, 3.8) is 0 Å². The van der Waals surface area contributed by atoms with Gasteiger partial charge in [0, 0.05) is 50.7 Å². The Morgan fingerprint density at radius 2 is 1.73 bits per heavy atom. The molecule has 162 valence electrons. The molecule has 10 heteroatoms. The van der Waals surface area contributed by atoms with Crippen molar-refractivity contribution < 1.29 is 17.9 Å². The number of rotatable bonds is 8. The summed E-state index contributed by atoms with van der Waals surface area (Å²) >= 11 is 0. The fourth-order valence-electron chi connectivity index (χ4n) is 3.10. The molecular formula is C20H27N5O4S. The highest BCUT2D eigenvalue weighted by Crippen LogP contribution is 2.14. The van der Waals surface area contributed by atoms with E-state index in [1.165, 1.54) is 4.31 Å². The summed E-state index contributed by atoms with van der Waals surface area (Å²) in [6.45, 7) is 5.69. The quantitative estimate of drug-likeness (QED) is 0.666. The van der Waals surface area contributed by atoms with Gasteiger partial charge in [0.2, 0.25) is 16.0 Å². The predicted molar refractivity (Wildman–Crippen MR) is 114 cm³/mol. The Balaban J connectivity index is 1.45. The summed E-state index contributed by atoms with van der Waals surface area (Å²) in [4.78, 5) is 22.6. The summed E-state index contributed by atoms with van der Waals surface area (Å²) in [5.41, 5.74) is 0.458. The lowest BCUT2D eigenvalue weighted by molar-refractivity contribution is 0.0956. The summed E-state index contributed by atoms with van der Waals surface area (Å²) < 4.78 is 32.2. The van der Waals surface area contributed by atoms with Gasteiger partial charge in [-0.1, -0.05) is 0 Å². The largest absolute Gasteiger partial charge is 0.491 e. The van der Waals surface area contributed by atoms with Crippen molar-refractivity contribution in [2.45, 2.75) is 20.0 Å². The Bertz CT molecular complexity index is 927. The van der Waals surface area contributed by atoms with Crippen LogP contribution in [0.25, 0.3) is 0 Å². The molecule has 0 radical (unpaired) electrons. The van der Waals surface area contributed by atoms with Gasteiger partial charge in [-0.15, -0.1) is 0 Å². The van der Waals surface area contributed by atoms with Crippen molar-refractivity contribution in [2.75, 3.05) is 43.4 Å². The average Bonchev–Trinajstić information content (AvgIpc) is 2.74. The Morgan fingerprint density at radius 1 is 1.10 bits per heavy atom. The summed E-state index contributed by atoms with van der Waals surface area (Å²) in [6.07, 6.45) is 3.38. The minimum absolute atomic E-state index is 0.0490. The van der Waals surface area contributed by atoms with Crippen molar-refractivity contribution in [1.82, 2.24) is 19.6 Å². The molecule has 1 saturated heterocycles. The molecule has 1 fully saturated rings. The van der Waals surface area contributed by atoms with Gasteiger partial charge in [-0.2, -0.15) is 4.31 Å². The van der Waals surface area contributed by atoms with Crippen molar-refractivity contribution in [3.8, 4) is 5.75 Å². The molecule has 1 N–H and O–H groups in total. The third kappa shape index (κ3) is 5.90. The van der Waals surface area contributed by atoms with Crippen molar-refractivity contribution in [2.24, 2.45) is 0 Å². The van der Waals surface area contributed by atoms with Crippen LogP contribution >= 0.6 is 0 Å². The fraction of sp³-hybridized carbons (Fsp3) is 0.450. The summed E-state index contributed by atoms with van der Waals surface area (Å²) in [6, 6.07) is 8.51. The Kier molecular flexibility index (Phi) is 7.22. The Morgan fingerprint density at radius 3 is 2.33 bits per heavy atom. The van der Waals surface area contributed by atoms with Crippen LogP contribution in [0.2, 0.25) is 0 Å². The zero-order valence-electron chi connectivity index (χ0n) is 17.2. The molecule has 0 saturated carbocycles. The number of amides is 1. The van der Waals surface area contributed by atoms with E-state index in [9.17, 15) is 13.2 Å². The number of anilines is 1. The van der Waals surface area contributed by atoms with E-state index in [-0.39, 0.29) is 24.3 Å². The van der Waals surface area contributed by atoms with Crippen LogP contribution in [-0.4, -0.2) is 73.2 Å². The molecule has 0 atom stereocenters. The number of hydrogen-bond acceptors (Lipinski definition) is 7. The maximum Gasteiger partial charge on any atom is 0.251 e. The highest BCUT2D eigenvalue weighted by Gasteiger charge is 2.27. The van der Waals surface area contributed by atoms with Crippen molar-refractivity contribution in [1.29, 1.82) is 0 Å². The lowest BCUT2D eigenvalue weighted by Gasteiger charge is -2.33. The first-order valence-corrected chi connectivity index (χ1v) is 11.5. The predicted octanol–water partition coefficient (Wildman–Crippen LogP) is 1.15. The van der Waals surface area contributed by atoms with Gasteiger partial charge in [0.25, 0.3) is 5.91 Å². The molecule has 0 aliphatic carbocycles. The highest BCUT2D eigenvalue weighted by atomic mass is 32.2. The number of nitrogens with one attached hydrogen (secondary N) is 1. The minimum Gasteiger partial charge on any atom is -0.491 e. The maximum absolute atomic E-state index is 12.6. The standard InChI is InChI=1S/C20H27N5O4S/c1-16(2)29-18-6-4-17(5-7-18)19(26)21-10-15-30(27,28)25-13-11-24(12-14-25)20-22-8-3-9-23-20/h3-9,16H,10-15H2,1-2H3,(H,21,26). The average molecular weight is 434 g/mol. The van der Waals surface area contributed by atoms with Gasteiger partial charge in [0.1, 0.15) is 5.75 Å².